The van der Waals surface area contributed by atoms with Crippen LogP contribution in [0, 0.1) is 5.92 Å². The molecule has 3 rings (SSSR count). The summed E-state index contributed by atoms with van der Waals surface area (Å²) in [6.07, 6.45) is 6.30. The molecule has 3 heteroatoms. The van der Waals surface area contributed by atoms with E-state index in [2.05, 4.69) is 22.9 Å². The Morgan fingerprint density at radius 3 is 3.05 bits per heavy atom. The molecule has 1 spiro atoms. The van der Waals surface area contributed by atoms with Crippen LogP contribution >= 0.6 is 15.9 Å². The van der Waals surface area contributed by atoms with E-state index >= 15 is 0 Å². The molecule has 2 atom stereocenters. The summed E-state index contributed by atoms with van der Waals surface area (Å²) in [6, 6.07) is 5.77. The lowest BCUT2D eigenvalue weighted by Crippen LogP contribution is -2.49. The summed E-state index contributed by atoms with van der Waals surface area (Å²) in [5.41, 5.74) is 0.505. The zero-order valence-corrected chi connectivity index (χ0v) is 12.8. The first-order chi connectivity index (χ1) is 9.14. The Hall–Kier alpha value is -0.830. The molecule has 1 aliphatic heterocycles. The van der Waals surface area contributed by atoms with E-state index in [0.717, 1.165) is 28.6 Å². The largest absolute Gasteiger partial charge is 0.486 e. The van der Waals surface area contributed by atoms with Gasteiger partial charge in [-0.15, -0.1) is 0 Å². The summed E-state index contributed by atoms with van der Waals surface area (Å²) in [7, 11) is 0. The van der Waals surface area contributed by atoms with Gasteiger partial charge in [0.25, 0.3) is 0 Å². The van der Waals surface area contributed by atoms with Crippen LogP contribution in [0.4, 0.5) is 0 Å². The van der Waals surface area contributed by atoms with Crippen molar-refractivity contribution in [2.75, 3.05) is 0 Å². The lowest BCUT2D eigenvalue weighted by Gasteiger charge is -2.46. The smallest absolute Gasteiger partial charge is 0.170 e. The van der Waals surface area contributed by atoms with Gasteiger partial charge in [-0.1, -0.05) is 29.3 Å². The van der Waals surface area contributed by atoms with E-state index in [0.29, 0.717) is 12.3 Å². The number of benzene rings is 1. The van der Waals surface area contributed by atoms with Gasteiger partial charge in [-0.05, 0) is 49.8 Å². The number of carbonyl (C=O) groups is 1. The summed E-state index contributed by atoms with van der Waals surface area (Å²) in [5.74, 6) is 1.53. The molecule has 0 radical (unpaired) electrons. The third-order valence-corrected chi connectivity index (χ3v) is 5.15. The number of rotatable bonds is 1. The average molecular weight is 323 g/mol. The van der Waals surface area contributed by atoms with E-state index in [1.807, 2.05) is 18.2 Å². The van der Waals surface area contributed by atoms with Crippen molar-refractivity contribution in [3.63, 3.8) is 0 Å². The molecule has 1 heterocycles. The van der Waals surface area contributed by atoms with Gasteiger partial charge in [0.05, 0.1) is 12.0 Å². The first-order valence-electron chi connectivity index (χ1n) is 7.16. The Bertz CT molecular complexity index is 511. The summed E-state index contributed by atoms with van der Waals surface area (Å²) in [6.45, 7) is 2.21. The molecular formula is C16H19BrO2. The Kier molecular flexibility index (Phi) is 3.42. The minimum Gasteiger partial charge on any atom is -0.486 e. The Morgan fingerprint density at radius 1 is 1.42 bits per heavy atom. The molecule has 1 aliphatic carbocycles. The quantitative estimate of drug-likeness (QED) is 0.745. The monoisotopic (exact) mass is 322 g/mol. The summed E-state index contributed by atoms with van der Waals surface area (Å²) >= 11 is 3.42. The molecular weight excluding hydrogens is 304 g/mol. The second-order valence-electron chi connectivity index (χ2n) is 5.76. The third kappa shape index (κ3) is 2.22. The van der Waals surface area contributed by atoms with Gasteiger partial charge in [-0.25, -0.2) is 0 Å². The first kappa shape index (κ1) is 13.2. The van der Waals surface area contributed by atoms with Gasteiger partial charge in [0.2, 0.25) is 0 Å². The fourth-order valence-corrected chi connectivity index (χ4v) is 4.02. The number of Topliss-reactive ketones (excluding diaryl/α,β-unsaturated/α-hetero) is 1. The van der Waals surface area contributed by atoms with Crippen molar-refractivity contribution in [2.24, 2.45) is 5.92 Å². The van der Waals surface area contributed by atoms with E-state index in [1.54, 1.807) is 0 Å². The normalized spacial score (nSPS) is 30.0. The highest BCUT2D eigenvalue weighted by Crippen LogP contribution is 2.46. The number of fused-ring (bicyclic) bond motifs is 1. The number of halogens is 1. The van der Waals surface area contributed by atoms with Gasteiger partial charge in [-0.3, -0.25) is 4.79 Å². The number of ketones is 1. The zero-order chi connectivity index (χ0) is 13.5. The second kappa shape index (κ2) is 4.93. The number of carbonyl (C=O) groups excluding carboxylic acids is 1. The molecule has 0 bridgehead atoms. The first-order valence-corrected chi connectivity index (χ1v) is 7.96. The van der Waals surface area contributed by atoms with Crippen LogP contribution in [0.25, 0.3) is 0 Å². The van der Waals surface area contributed by atoms with Gasteiger partial charge in [-0.2, -0.15) is 0 Å². The predicted octanol–water partition coefficient (Wildman–Crippen LogP) is 4.75. The molecule has 19 heavy (non-hydrogen) atoms. The molecule has 1 saturated carbocycles. The van der Waals surface area contributed by atoms with E-state index in [9.17, 15) is 4.79 Å². The lowest BCUT2D eigenvalue weighted by molar-refractivity contribution is -0.0339. The second-order valence-corrected chi connectivity index (χ2v) is 6.67. The van der Waals surface area contributed by atoms with Crippen molar-refractivity contribution in [2.45, 2.75) is 51.0 Å². The molecule has 0 saturated heterocycles. The Balaban J connectivity index is 1.99. The molecule has 0 amide bonds. The molecule has 1 fully saturated rings. The molecule has 2 aliphatic rings. The number of hydrogen-bond acceptors (Lipinski definition) is 2. The Morgan fingerprint density at radius 2 is 2.26 bits per heavy atom. The highest BCUT2D eigenvalue weighted by atomic mass is 79.9. The fraction of sp³-hybridized carbons (Fsp3) is 0.562. The van der Waals surface area contributed by atoms with Crippen LogP contribution in [-0.4, -0.2) is 11.4 Å². The molecule has 102 valence electrons. The van der Waals surface area contributed by atoms with Crippen LogP contribution < -0.4 is 4.74 Å². The maximum atomic E-state index is 12.5. The topological polar surface area (TPSA) is 26.3 Å². The van der Waals surface area contributed by atoms with Crippen LogP contribution in [0.1, 0.15) is 55.8 Å². The standard InChI is InChI=1S/C16H19BrO2/c1-2-11-5-3-4-8-16(11)10-14(18)13-9-12(17)6-7-15(13)19-16/h6-7,9,11H,2-5,8,10H2,1H3. The molecule has 2 unspecified atom stereocenters. The van der Waals surface area contributed by atoms with Crippen LogP contribution in [0.5, 0.6) is 5.75 Å². The molecule has 2 nitrogen and oxygen atoms in total. The van der Waals surface area contributed by atoms with E-state index < -0.39 is 0 Å². The molecule has 1 aromatic carbocycles. The van der Waals surface area contributed by atoms with Crippen molar-refractivity contribution in [3.8, 4) is 5.75 Å². The lowest BCUT2D eigenvalue weighted by atomic mass is 9.70. The highest BCUT2D eigenvalue weighted by Gasteiger charge is 2.46. The fourth-order valence-electron chi connectivity index (χ4n) is 3.66. The van der Waals surface area contributed by atoms with Crippen LogP contribution in [0.3, 0.4) is 0 Å². The van der Waals surface area contributed by atoms with E-state index in [1.165, 1.54) is 19.3 Å². The minimum atomic E-state index is -0.231. The highest BCUT2D eigenvalue weighted by molar-refractivity contribution is 9.10. The minimum absolute atomic E-state index is 0.231. The van der Waals surface area contributed by atoms with Gasteiger partial charge in [0, 0.05) is 4.47 Å². The van der Waals surface area contributed by atoms with Crippen molar-refractivity contribution in [1.29, 1.82) is 0 Å². The zero-order valence-electron chi connectivity index (χ0n) is 11.2. The average Bonchev–Trinajstić information content (AvgIpc) is 2.40. The summed E-state index contributed by atoms with van der Waals surface area (Å²) < 4.78 is 7.29. The third-order valence-electron chi connectivity index (χ3n) is 4.65. The molecule has 0 aromatic heterocycles. The summed E-state index contributed by atoms with van der Waals surface area (Å²) in [5, 5.41) is 0. The van der Waals surface area contributed by atoms with Gasteiger partial charge < -0.3 is 4.74 Å². The van der Waals surface area contributed by atoms with Crippen molar-refractivity contribution >= 4 is 21.7 Å². The van der Waals surface area contributed by atoms with Gasteiger partial charge in [0.15, 0.2) is 5.78 Å². The number of ether oxygens (including phenoxy) is 1. The van der Waals surface area contributed by atoms with Crippen LogP contribution in [-0.2, 0) is 0 Å². The Labute approximate surface area is 122 Å². The van der Waals surface area contributed by atoms with Gasteiger partial charge >= 0.3 is 0 Å². The van der Waals surface area contributed by atoms with Crippen molar-refractivity contribution in [3.05, 3.63) is 28.2 Å². The van der Waals surface area contributed by atoms with Crippen molar-refractivity contribution < 1.29 is 9.53 Å². The van der Waals surface area contributed by atoms with Crippen LogP contribution in [0.2, 0.25) is 0 Å². The maximum absolute atomic E-state index is 12.5. The van der Waals surface area contributed by atoms with Crippen molar-refractivity contribution in [1.82, 2.24) is 0 Å². The van der Waals surface area contributed by atoms with E-state index in [-0.39, 0.29) is 11.4 Å². The van der Waals surface area contributed by atoms with E-state index in [4.69, 9.17) is 4.74 Å². The SMILES string of the molecule is CCC1CCCCC12CC(=O)c1cc(Br)ccc1O2. The summed E-state index contributed by atoms with van der Waals surface area (Å²) in [4.78, 5) is 12.5. The maximum Gasteiger partial charge on any atom is 0.170 e. The van der Waals surface area contributed by atoms with Gasteiger partial charge in [0.1, 0.15) is 11.4 Å². The molecule has 0 N–H and O–H groups in total. The number of hydrogen-bond donors (Lipinski definition) is 0. The predicted molar refractivity (Wildman–Crippen MR) is 78.7 cm³/mol. The molecule has 1 aromatic rings. The van der Waals surface area contributed by atoms with Crippen LogP contribution in [0.15, 0.2) is 22.7 Å².